The van der Waals surface area contributed by atoms with Crippen molar-refractivity contribution in [2.45, 2.75) is 44.1 Å². The number of unbranched alkanes of at least 4 members (excludes halogenated alkanes) is 3. The number of rotatable bonds is 15. The van der Waals surface area contributed by atoms with Gasteiger partial charge in [0.2, 0.25) is 0 Å². The van der Waals surface area contributed by atoms with Crippen molar-refractivity contribution in [2.75, 3.05) is 103 Å². The third kappa shape index (κ3) is 9.45. The highest BCUT2D eigenvalue weighted by atomic mass is 35.5. The van der Waals surface area contributed by atoms with Crippen LogP contribution in [0, 0.1) is 0 Å². The third-order valence-corrected chi connectivity index (χ3v) is 9.82. The molecule has 12 heteroatoms. The summed E-state index contributed by atoms with van der Waals surface area (Å²) in [5.74, 6) is 1.37. The minimum absolute atomic E-state index is 0.243. The van der Waals surface area contributed by atoms with Crippen LogP contribution in [0.4, 0.5) is 11.4 Å². The Morgan fingerprint density at radius 2 is 1.30 bits per heavy atom. The molecule has 53 heavy (non-hydrogen) atoms. The topological polar surface area (TPSA) is 108 Å². The standard InChI is InChI=1S/C37H42ClN3O6.2C2H6O/c38-13-3-1-2-4-19-44-21-22-45-20-14-39-35(42)26-7-10-29-32(23-26)37(47-36(29)43)30-11-8-27(40-15-5-16-40)24-33(30)46-34-25-28(9-12-31(34)37)41-17-6-18-41;2*1-3-2/h7-12,23-25H,1-6,13-22H2,(H,39,42);2*1-2H3. The second-order valence-electron chi connectivity index (χ2n) is 13.4. The maximum absolute atomic E-state index is 13.5. The number of carbonyl (C=O) groups is 2. The summed E-state index contributed by atoms with van der Waals surface area (Å²) >= 11 is 5.71. The van der Waals surface area contributed by atoms with Crippen LogP contribution in [0.5, 0.6) is 11.5 Å². The molecule has 4 heterocycles. The first kappa shape index (κ1) is 40.3. The number of alkyl halides is 1. The number of nitrogens with zero attached hydrogens (tertiary/aromatic N) is 2. The Balaban J connectivity index is 0.000000847. The molecule has 0 saturated carbocycles. The van der Waals surface area contributed by atoms with Crippen LogP contribution >= 0.6 is 11.6 Å². The molecule has 288 valence electrons. The second kappa shape index (κ2) is 20.0. The zero-order valence-electron chi connectivity index (χ0n) is 31.5. The first-order chi connectivity index (χ1) is 25.9. The molecule has 1 amide bonds. The van der Waals surface area contributed by atoms with E-state index in [1.165, 1.54) is 0 Å². The van der Waals surface area contributed by atoms with Crippen LogP contribution in [0.25, 0.3) is 0 Å². The smallest absolute Gasteiger partial charge is 0.340 e. The summed E-state index contributed by atoms with van der Waals surface area (Å²) in [5, 5.41) is 2.95. The van der Waals surface area contributed by atoms with Crippen LogP contribution < -0.4 is 19.9 Å². The first-order valence-corrected chi connectivity index (χ1v) is 19.1. The summed E-state index contributed by atoms with van der Waals surface area (Å²) < 4.78 is 32.8. The molecular formula is C41H54ClN3O8. The van der Waals surface area contributed by atoms with Crippen molar-refractivity contribution in [3.05, 3.63) is 82.4 Å². The quantitative estimate of drug-likeness (QED) is 0.102. The monoisotopic (exact) mass is 751 g/mol. The summed E-state index contributed by atoms with van der Waals surface area (Å²) in [7, 11) is 6.50. The molecule has 11 nitrogen and oxygen atoms in total. The Hall–Kier alpha value is -3.87. The SMILES string of the molecule is COC.COC.O=C(NCCOCCOCCCCCCCl)c1ccc2c(c1)C1(OC2=O)c2ccc(N3CCC3)cc2Oc2cc(N3CCC3)ccc21. The average molecular weight is 752 g/mol. The van der Waals surface area contributed by atoms with E-state index >= 15 is 0 Å². The van der Waals surface area contributed by atoms with Crippen LogP contribution in [-0.4, -0.2) is 105 Å². The number of methoxy groups -OCH3 is 2. The number of amides is 1. The Labute approximate surface area is 318 Å². The Bertz CT molecular complexity index is 1600. The number of carbonyl (C=O) groups excluding carboxylic acids is 2. The molecule has 2 fully saturated rings. The van der Waals surface area contributed by atoms with E-state index in [-0.39, 0.29) is 5.91 Å². The lowest BCUT2D eigenvalue weighted by Gasteiger charge is -2.39. The molecule has 0 atom stereocenters. The van der Waals surface area contributed by atoms with Gasteiger partial charge in [0.15, 0.2) is 5.60 Å². The maximum Gasteiger partial charge on any atom is 0.340 e. The lowest BCUT2D eigenvalue weighted by atomic mass is 9.77. The van der Waals surface area contributed by atoms with Gasteiger partial charge in [-0.2, -0.15) is 0 Å². The van der Waals surface area contributed by atoms with E-state index in [0.29, 0.717) is 67.0 Å². The predicted molar refractivity (Wildman–Crippen MR) is 207 cm³/mol. The van der Waals surface area contributed by atoms with Crippen LogP contribution in [0.1, 0.15) is 75.9 Å². The minimum atomic E-state index is -1.24. The fourth-order valence-corrected chi connectivity index (χ4v) is 6.88. The zero-order chi connectivity index (χ0) is 37.6. The highest BCUT2D eigenvalue weighted by Gasteiger charge is 2.54. The number of hydrogen-bond acceptors (Lipinski definition) is 10. The lowest BCUT2D eigenvalue weighted by molar-refractivity contribution is 0.0224. The summed E-state index contributed by atoms with van der Waals surface area (Å²) in [4.78, 5) is 31.4. The summed E-state index contributed by atoms with van der Waals surface area (Å²) in [6.45, 7) is 6.46. The van der Waals surface area contributed by atoms with Gasteiger partial charge in [0, 0.05) is 119 Å². The van der Waals surface area contributed by atoms with Crippen molar-refractivity contribution < 1.29 is 38.0 Å². The van der Waals surface area contributed by atoms with Crippen molar-refractivity contribution in [3.63, 3.8) is 0 Å². The normalized spacial score (nSPS) is 15.6. The number of anilines is 2. The van der Waals surface area contributed by atoms with Crippen molar-refractivity contribution in [1.82, 2.24) is 5.32 Å². The predicted octanol–water partition coefficient (Wildman–Crippen LogP) is 6.76. The van der Waals surface area contributed by atoms with Gasteiger partial charge >= 0.3 is 5.97 Å². The fourth-order valence-electron chi connectivity index (χ4n) is 6.70. The molecule has 3 aromatic rings. The van der Waals surface area contributed by atoms with Crippen molar-refractivity contribution in [1.29, 1.82) is 0 Å². The third-order valence-electron chi connectivity index (χ3n) is 9.55. The summed E-state index contributed by atoms with van der Waals surface area (Å²) in [5.41, 5.74) is 3.96. The zero-order valence-corrected chi connectivity index (χ0v) is 32.3. The molecule has 4 aliphatic heterocycles. The molecule has 0 bridgehead atoms. The van der Waals surface area contributed by atoms with E-state index in [1.807, 2.05) is 24.3 Å². The molecule has 0 aliphatic carbocycles. The van der Waals surface area contributed by atoms with Gasteiger partial charge in [-0.05, 0) is 68.1 Å². The number of esters is 1. The van der Waals surface area contributed by atoms with Crippen LogP contribution in [0.15, 0.2) is 54.6 Å². The number of benzene rings is 3. The lowest BCUT2D eigenvalue weighted by Crippen LogP contribution is -2.38. The molecular weight excluding hydrogens is 698 g/mol. The van der Waals surface area contributed by atoms with Crippen molar-refractivity contribution in [3.8, 4) is 11.5 Å². The Morgan fingerprint density at radius 1 is 0.736 bits per heavy atom. The number of hydrogen-bond donors (Lipinski definition) is 1. The van der Waals surface area contributed by atoms with E-state index in [9.17, 15) is 9.59 Å². The fraction of sp³-hybridized carbons (Fsp3) is 0.512. The largest absolute Gasteiger partial charge is 0.456 e. The molecule has 1 spiro atoms. The van der Waals surface area contributed by atoms with Gasteiger partial charge in [0.25, 0.3) is 5.91 Å². The molecule has 0 unspecified atom stereocenters. The van der Waals surface area contributed by atoms with E-state index in [4.69, 9.17) is 30.5 Å². The summed E-state index contributed by atoms with van der Waals surface area (Å²) in [6.07, 6.45) is 6.65. The maximum atomic E-state index is 13.5. The van der Waals surface area contributed by atoms with E-state index < -0.39 is 11.6 Å². The first-order valence-electron chi connectivity index (χ1n) is 18.6. The highest BCUT2D eigenvalue weighted by Crippen LogP contribution is 2.57. The van der Waals surface area contributed by atoms with E-state index in [1.54, 1.807) is 46.6 Å². The number of fused-ring (bicyclic) bond motifs is 6. The van der Waals surface area contributed by atoms with Gasteiger partial charge in [-0.1, -0.05) is 12.8 Å². The Morgan fingerprint density at radius 3 is 1.85 bits per heavy atom. The van der Waals surface area contributed by atoms with Gasteiger partial charge in [-0.25, -0.2) is 4.79 Å². The molecule has 7 rings (SSSR count). The van der Waals surface area contributed by atoms with Gasteiger partial charge < -0.3 is 43.5 Å². The van der Waals surface area contributed by atoms with Gasteiger partial charge in [-0.15, -0.1) is 11.6 Å². The number of ether oxygens (including phenoxy) is 6. The van der Waals surface area contributed by atoms with Crippen LogP contribution in [-0.2, 0) is 29.3 Å². The number of nitrogens with one attached hydrogen (secondary N) is 1. The summed E-state index contributed by atoms with van der Waals surface area (Å²) in [6, 6.07) is 17.4. The van der Waals surface area contributed by atoms with Crippen molar-refractivity contribution in [2.24, 2.45) is 0 Å². The van der Waals surface area contributed by atoms with E-state index in [0.717, 1.165) is 87.2 Å². The molecule has 0 aromatic heterocycles. The van der Waals surface area contributed by atoms with Crippen LogP contribution in [0.3, 0.4) is 0 Å². The van der Waals surface area contributed by atoms with Gasteiger partial charge in [0.1, 0.15) is 11.5 Å². The highest BCUT2D eigenvalue weighted by molar-refractivity contribution is 6.17. The number of halogens is 1. The second-order valence-corrected chi connectivity index (χ2v) is 13.8. The van der Waals surface area contributed by atoms with Crippen LogP contribution in [0.2, 0.25) is 0 Å². The molecule has 3 aromatic carbocycles. The Kier molecular flexibility index (Phi) is 15.2. The minimum Gasteiger partial charge on any atom is -0.456 e. The molecule has 2 saturated heterocycles. The molecule has 0 radical (unpaired) electrons. The van der Waals surface area contributed by atoms with Crippen molar-refractivity contribution >= 4 is 34.9 Å². The van der Waals surface area contributed by atoms with E-state index in [2.05, 4.69) is 36.7 Å². The molecule has 1 N–H and O–H groups in total. The van der Waals surface area contributed by atoms with Gasteiger partial charge in [-0.3, -0.25) is 4.79 Å². The van der Waals surface area contributed by atoms with Gasteiger partial charge in [0.05, 0.1) is 25.4 Å². The molecule has 4 aliphatic rings. The average Bonchev–Trinajstić information content (AvgIpc) is 3.39.